The molecule has 1 fully saturated rings. The van der Waals surface area contributed by atoms with E-state index in [2.05, 4.69) is 4.98 Å². The van der Waals surface area contributed by atoms with Crippen LogP contribution < -0.4 is 10.5 Å². The quantitative estimate of drug-likeness (QED) is 0.512. The zero-order valence-electron chi connectivity index (χ0n) is 16.3. The van der Waals surface area contributed by atoms with E-state index in [1.807, 2.05) is 48.5 Å². The SMILES string of the molecule is NC(CO)(CO)CCc1ccc(Oc2ccc(-c3coc(C4CC4)n3)cc2)cc1. The number of hydrogen-bond donors (Lipinski definition) is 3. The predicted molar refractivity (Wildman–Crippen MR) is 110 cm³/mol. The summed E-state index contributed by atoms with van der Waals surface area (Å²) in [5, 5.41) is 18.6. The van der Waals surface area contributed by atoms with Gasteiger partial charge in [0.25, 0.3) is 0 Å². The molecule has 0 radical (unpaired) electrons. The second-order valence-corrected chi connectivity index (χ2v) is 7.79. The molecule has 0 spiro atoms. The zero-order chi connectivity index (χ0) is 20.3. The van der Waals surface area contributed by atoms with Gasteiger partial charge in [-0.25, -0.2) is 4.98 Å². The molecule has 6 nitrogen and oxygen atoms in total. The maximum absolute atomic E-state index is 9.28. The van der Waals surface area contributed by atoms with Gasteiger partial charge in [-0.1, -0.05) is 12.1 Å². The molecule has 1 heterocycles. The van der Waals surface area contributed by atoms with Gasteiger partial charge in [-0.05, 0) is 67.6 Å². The van der Waals surface area contributed by atoms with Crippen LogP contribution in [0.25, 0.3) is 11.3 Å². The molecule has 1 aromatic heterocycles. The standard InChI is InChI=1S/C23H26N2O4/c24-23(14-26,15-27)12-11-16-1-7-19(8-2-16)29-20-9-5-17(6-10-20)21-13-28-22(25-21)18-3-4-18/h1-2,5-10,13,18,26-27H,3-4,11-12,14-15,24H2. The molecule has 29 heavy (non-hydrogen) atoms. The molecule has 1 saturated carbocycles. The van der Waals surface area contributed by atoms with Gasteiger partial charge in [0.2, 0.25) is 0 Å². The van der Waals surface area contributed by atoms with Gasteiger partial charge < -0.3 is 25.1 Å². The molecule has 3 aromatic rings. The third-order valence-electron chi connectivity index (χ3n) is 5.30. The summed E-state index contributed by atoms with van der Waals surface area (Å²) in [6.07, 6.45) is 5.23. The summed E-state index contributed by atoms with van der Waals surface area (Å²) in [7, 11) is 0. The first-order valence-corrected chi connectivity index (χ1v) is 9.92. The molecule has 4 N–H and O–H groups in total. The average molecular weight is 394 g/mol. The summed E-state index contributed by atoms with van der Waals surface area (Å²) in [5.74, 6) is 2.82. The van der Waals surface area contributed by atoms with E-state index >= 15 is 0 Å². The number of rotatable bonds is 9. The molecule has 6 heteroatoms. The van der Waals surface area contributed by atoms with Crippen molar-refractivity contribution in [1.29, 1.82) is 0 Å². The van der Waals surface area contributed by atoms with Gasteiger partial charge in [0, 0.05) is 11.5 Å². The van der Waals surface area contributed by atoms with E-state index in [9.17, 15) is 10.2 Å². The molecule has 0 unspecified atom stereocenters. The highest BCUT2D eigenvalue weighted by molar-refractivity contribution is 5.59. The first-order valence-electron chi connectivity index (χ1n) is 9.92. The predicted octanol–water partition coefficient (Wildman–Crippen LogP) is 3.63. The molecule has 0 aliphatic heterocycles. The third kappa shape index (κ3) is 4.85. The van der Waals surface area contributed by atoms with Crippen molar-refractivity contribution >= 4 is 0 Å². The molecule has 152 valence electrons. The fourth-order valence-electron chi connectivity index (χ4n) is 3.09. The normalized spacial score (nSPS) is 14.2. The molecule has 1 aliphatic carbocycles. The molecule has 0 atom stereocenters. The highest BCUT2D eigenvalue weighted by atomic mass is 16.5. The van der Waals surface area contributed by atoms with Gasteiger partial charge in [-0.15, -0.1) is 0 Å². The number of oxazole rings is 1. The Labute approximate surface area is 170 Å². The van der Waals surface area contributed by atoms with Crippen LogP contribution in [-0.4, -0.2) is 33.9 Å². The van der Waals surface area contributed by atoms with Crippen molar-refractivity contribution in [2.75, 3.05) is 13.2 Å². The number of nitrogens with two attached hydrogens (primary N) is 1. The number of ether oxygens (including phenoxy) is 1. The van der Waals surface area contributed by atoms with E-state index in [1.165, 1.54) is 12.8 Å². The minimum absolute atomic E-state index is 0.239. The van der Waals surface area contributed by atoms with Crippen LogP contribution in [0.2, 0.25) is 0 Å². The Morgan fingerprint density at radius 1 is 1.00 bits per heavy atom. The van der Waals surface area contributed by atoms with E-state index < -0.39 is 5.54 Å². The second kappa shape index (κ2) is 8.37. The van der Waals surface area contributed by atoms with Gasteiger partial charge in [-0.3, -0.25) is 0 Å². The lowest BCUT2D eigenvalue weighted by Crippen LogP contribution is -2.47. The van der Waals surface area contributed by atoms with Gasteiger partial charge in [-0.2, -0.15) is 0 Å². The van der Waals surface area contributed by atoms with Crippen molar-refractivity contribution in [3.05, 3.63) is 66.2 Å². The molecular weight excluding hydrogens is 368 g/mol. The van der Waals surface area contributed by atoms with E-state index in [0.717, 1.165) is 34.2 Å². The average Bonchev–Trinajstić information content (AvgIpc) is 3.50. The Kier molecular flexibility index (Phi) is 5.67. The van der Waals surface area contributed by atoms with Crippen LogP contribution >= 0.6 is 0 Å². The van der Waals surface area contributed by atoms with Crippen molar-refractivity contribution in [1.82, 2.24) is 4.98 Å². The summed E-state index contributed by atoms with van der Waals surface area (Å²) >= 11 is 0. The van der Waals surface area contributed by atoms with Gasteiger partial charge in [0.15, 0.2) is 5.89 Å². The largest absolute Gasteiger partial charge is 0.457 e. The fourth-order valence-corrected chi connectivity index (χ4v) is 3.09. The van der Waals surface area contributed by atoms with E-state index in [-0.39, 0.29) is 13.2 Å². The first-order chi connectivity index (χ1) is 14.1. The summed E-state index contributed by atoms with van der Waals surface area (Å²) < 4.78 is 11.5. The van der Waals surface area contributed by atoms with Crippen LogP contribution in [0, 0.1) is 0 Å². The Morgan fingerprint density at radius 3 is 2.21 bits per heavy atom. The molecule has 0 saturated heterocycles. The van der Waals surface area contributed by atoms with E-state index in [0.29, 0.717) is 18.8 Å². The highest BCUT2D eigenvalue weighted by Crippen LogP contribution is 2.40. The lowest BCUT2D eigenvalue weighted by molar-refractivity contribution is 0.115. The van der Waals surface area contributed by atoms with E-state index in [1.54, 1.807) is 6.26 Å². The molecule has 2 aromatic carbocycles. The Bertz CT molecular complexity index is 926. The highest BCUT2D eigenvalue weighted by Gasteiger charge is 2.28. The van der Waals surface area contributed by atoms with Gasteiger partial charge >= 0.3 is 0 Å². The molecular formula is C23H26N2O4. The zero-order valence-corrected chi connectivity index (χ0v) is 16.3. The maximum Gasteiger partial charge on any atom is 0.197 e. The van der Waals surface area contributed by atoms with Gasteiger partial charge in [0.1, 0.15) is 23.5 Å². The first kappa shape index (κ1) is 19.6. The van der Waals surface area contributed by atoms with Crippen molar-refractivity contribution < 1.29 is 19.4 Å². The van der Waals surface area contributed by atoms with Crippen LogP contribution in [-0.2, 0) is 6.42 Å². The minimum Gasteiger partial charge on any atom is -0.457 e. The molecule has 0 amide bonds. The summed E-state index contributed by atoms with van der Waals surface area (Å²) in [5.41, 5.74) is 7.89. The van der Waals surface area contributed by atoms with Crippen molar-refractivity contribution in [2.24, 2.45) is 5.73 Å². The summed E-state index contributed by atoms with van der Waals surface area (Å²) in [6.45, 7) is -0.478. The fraction of sp³-hybridized carbons (Fsp3) is 0.348. The van der Waals surface area contributed by atoms with E-state index in [4.69, 9.17) is 14.9 Å². The number of aromatic nitrogens is 1. The lowest BCUT2D eigenvalue weighted by atomic mass is 9.94. The Morgan fingerprint density at radius 2 is 1.62 bits per heavy atom. The van der Waals surface area contributed by atoms with Crippen LogP contribution in [0.3, 0.4) is 0 Å². The number of benzene rings is 2. The maximum atomic E-state index is 9.28. The van der Waals surface area contributed by atoms with Gasteiger partial charge in [0.05, 0.1) is 18.8 Å². The third-order valence-corrected chi connectivity index (χ3v) is 5.30. The minimum atomic E-state index is -0.944. The molecule has 1 aliphatic rings. The topological polar surface area (TPSA) is 102 Å². The number of aryl methyl sites for hydroxylation is 1. The van der Waals surface area contributed by atoms with Crippen molar-refractivity contribution in [2.45, 2.75) is 37.1 Å². The van der Waals surface area contributed by atoms with Crippen LogP contribution in [0.15, 0.2) is 59.2 Å². The van der Waals surface area contributed by atoms with Crippen LogP contribution in [0.1, 0.15) is 36.6 Å². The molecule has 4 rings (SSSR count). The summed E-state index contributed by atoms with van der Waals surface area (Å²) in [6, 6.07) is 15.5. The molecule has 0 bridgehead atoms. The smallest absolute Gasteiger partial charge is 0.197 e. The Hall–Kier alpha value is -2.67. The summed E-state index contributed by atoms with van der Waals surface area (Å²) in [4.78, 5) is 4.57. The number of aliphatic hydroxyl groups excluding tert-OH is 2. The van der Waals surface area contributed by atoms with Crippen LogP contribution in [0.5, 0.6) is 11.5 Å². The van der Waals surface area contributed by atoms with Crippen LogP contribution in [0.4, 0.5) is 0 Å². The lowest BCUT2D eigenvalue weighted by Gasteiger charge is -2.24. The van der Waals surface area contributed by atoms with Crippen molar-refractivity contribution in [3.63, 3.8) is 0 Å². The number of nitrogens with zero attached hydrogens (tertiary/aromatic N) is 1. The number of aliphatic hydroxyl groups is 2. The number of hydrogen-bond acceptors (Lipinski definition) is 6. The Balaban J connectivity index is 1.35. The second-order valence-electron chi connectivity index (χ2n) is 7.79. The van der Waals surface area contributed by atoms with Crippen molar-refractivity contribution in [3.8, 4) is 22.8 Å². The monoisotopic (exact) mass is 394 g/mol.